The van der Waals surface area contributed by atoms with Gasteiger partial charge in [-0.15, -0.1) is 0 Å². The molecule has 1 saturated heterocycles. The molecule has 2 heterocycles. The van der Waals surface area contributed by atoms with E-state index >= 15 is 0 Å². The lowest BCUT2D eigenvalue weighted by atomic mass is 10.1. The monoisotopic (exact) mass is 276 g/mol. The number of aliphatic hydroxyl groups is 3. The van der Waals surface area contributed by atoms with E-state index in [-0.39, 0.29) is 11.4 Å². The first-order valence-electron chi connectivity index (χ1n) is 4.98. The van der Waals surface area contributed by atoms with Crippen molar-refractivity contribution in [1.29, 1.82) is 0 Å². The maximum atomic E-state index is 9.81. The molecule has 0 spiro atoms. The zero-order valence-electron chi connectivity index (χ0n) is 8.68. The number of nitrogens with one attached hydrogen (secondary N) is 1. The third kappa shape index (κ3) is 2.32. The van der Waals surface area contributed by atoms with Gasteiger partial charge in [0.25, 0.3) is 0 Å². The molecule has 94 valence electrons. The molecule has 0 saturated carbocycles. The zero-order chi connectivity index (χ0) is 12.6. The zero-order valence-corrected chi connectivity index (χ0v) is 10.3. The number of aromatic nitrogens is 2. The average Bonchev–Trinajstić information content (AvgIpc) is 2.57. The summed E-state index contributed by atoms with van der Waals surface area (Å²) in [5, 5.41) is 28.4. The molecule has 1 aliphatic rings. The Hall–Kier alpha value is -0.640. The van der Waals surface area contributed by atoms with Gasteiger partial charge in [-0.05, 0) is 18.3 Å². The quantitative estimate of drug-likeness (QED) is 0.563. The van der Waals surface area contributed by atoms with Gasteiger partial charge < -0.3 is 25.0 Å². The van der Waals surface area contributed by atoms with E-state index in [9.17, 15) is 10.2 Å². The van der Waals surface area contributed by atoms with Gasteiger partial charge in [0.15, 0.2) is 11.0 Å². The molecule has 0 aromatic carbocycles. The lowest BCUT2D eigenvalue weighted by molar-refractivity contribution is -0.0541. The number of ether oxygens (including phenoxy) is 1. The highest BCUT2D eigenvalue weighted by atomic mass is 32.1. The van der Waals surface area contributed by atoms with E-state index in [1.807, 2.05) is 0 Å². The summed E-state index contributed by atoms with van der Waals surface area (Å²) in [6, 6.07) is 1.60. The van der Waals surface area contributed by atoms with Crippen LogP contribution in [-0.4, -0.2) is 49.8 Å². The van der Waals surface area contributed by atoms with Crippen LogP contribution in [0.3, 0.4) is 0 Å². The molecule has 0 bridgehead atoms. The van der Waals surface area contributed by atoms with Gasteiger partial charge in [0.1, 0.15) is 23.0 Å². The van der Waals surface area contributed by atoms with Gasteiger partial charge in [0.05, 0.1) is 6.61 Å². The van der Waals surface area contributed by atoms with Crippen molar-refractivity contribution < 1.29 is 20.1 Å². The summed E-state index contributed by atoms with van der Waals surface area (Å²) in [4.78, 5) is 2.74. The Balaban J connectivity index is 2.35. The number of H-pyrrole nitrogens is 1. The van der Waals surface area contributed by atoms with Crippen LogP contribution in [0, 0.1) is 9.41 Å². The Morgan fingerprint density at radius 3 is 2.59 bits per heavy atom. The van der Waals surface area contributed by atoms with Gasteiger partial charge in [-0.25, -0.2) is 0 Å². The minimum Gasteiger partial charge on any atom is -0.394 e. The van der Waals surface area contributed by atoms with Crippen molar-refractivity contribution in [1.82, 2.24) is 9.55 Å². The largest absolute Gasteiger partial charge is 0.394 e. The minimum atomic E-state index is -1.15. The Labute approximate surface area is 107 Å². The number of aromatic amines is 1. The van der Waals surface area contributed by atoms with Crippen molar-refractivity contribution in [2.75, 3.05) is 6.61 Å². The fourth-order valence-corrected chi connectivity index (χ4v) is 2.23. The fourth-order valence-electron chi connectivity index (χ4n) is 1.74. The minimum absolute atomic E-state index is 0.285. The molecule has 2 rings (SSSR count). The van der Waals surface area contributed by atoms with Crippen LogP contribution in [0.4, 0.5) is 0 Å². The van der Waals surface area contributed by atoms with Crippen molar-refractivity contribution in [3.8, 4) is 0 Å². The molecule has 1 aromatic heterocycles. The second kappa shape index (κ2) is 4.92. The highest BCUT2D eigenvalue weighted by Crippen LogP contribution is 2.28. The van der Waals surface area contributed by atoms with Crippen molar-refractivity contribution in [2.45, 2.75) is 24.5 Å². The summed E-state index contributed by atoms with van der Waals surface area (Å²) in [6.45, 7) is -0.370. The van der Waals surface area contributed by atoms with Crippen LogP contribution in [0.2, 0.25) is 0 Å². The SMILES string of the molecule is OC[C@H]1O[C@@H](n2ccc(=S)[nH]c2=S)[C@H](O)[C@@H]1O. The molecule has 0 aliphatic carbocycles. The first-order chi connectivity index (χ1) is 8.04. The molecule has 4 N–H and O–H groups in total. The fraction of sp³-hybridized carbons (Fsp3) is 0.556. The van der Waals surface area contributed by atoms with Crippen LogP contribution in [0.5, 0.6) is 0 Å². The van der Waals surface area contributed by atoms with E-state index in [1.54, 1.807) is 12.3 Å². The van der Waals surface area contributed by atoms with E-state index in [4.69, 9.17) is 34.3 Å². The predicted octanol–water partition coefficient (Wildman–Crippen LogP) is -0.113. The topological polar surface area (TPSA) is 90.6 Å². The summed E-state index contributed by atoms with van der Waals surface area (Å²) in [5.41, 5.74) is 0. The van der Waals surface area contributed by atoms with Gasteiger partial charge in [-0.2, -0.15) is 0 Å². The molecule has 0 radical (unpaired) electrons. The smallest absolute Gasteiger partial charge is 0.180 e. The van der Waals surface area contributed by atoms with E-state index in [0.29, 0.717) is 4.64 Å². The van der Waals surface area contributed by atoms with Crippen molar-refractivity contribution in [3.63, 3.8) is 0 Å². The van der Waals surface area contributed by atoms with Gasteiger partial charge >= 0.3 is 0 Å². The highest BCUT2D eigenvalue weighted by molar-refractivity contribution is 7.72. The summed E-state index contributed by atoms with van der Waals surface area (Å²) < 4.78 is 7.54. The van der Waals surface area contributed by atoms with Crippen molar-refractivity contribution in [3.05, 3.63) is 21.7 Å². The number of nitrogens with zero attached hydrogens (tertiary/aromatic N) is 1. The van der Waals surface area contributed by atoms with Gasteiger partial charge in [-0.3, -0.25) is 4.57 Å². The van der Waals surface area contributed by atoms with Crippen molar-refractivity contribution >= 4 is 24.4 Å². The van der Waals surface area contributed by atoms with Crippen molar-refractivity contribution in [2.24, 2.45) is 0 Å². The van der Waals surface area contributed by atoms with E-state index in [0.717, 1.165) is 0 Å². The maximum Gasteiger partial charge on any atom is 0.180 e. The Morgan fingerprint density at radius 2 is 2.06 bits per heavy atom. The molecule has 8 heteroatoms. The van der Waals surface area contributed by atoms with Crippen LogP contribution in [0.1, 0.15) is 6.23 Å². The Kier molecular flexibility index (Phi) is 3.71. The van der Waals surface area contributed by atoms with Gasteiger partial charge in [0, 0.05) is 6.20 Å². The number of aliphatic hydroxyl groups excluding tert-OH is 3. The summed E-state index contributed by atoms with van der Waals surface area (Å²) >= 11 is 9.95. The normalized spacial score (nSPS) is 32.9. The molecule has 1 aliphatic heterocycles. The molecule has 0 unspecified atom stereocenters. The summed E-state index contributed by atoms with van der Waals surface area (Å²) in [7, 11) is 0. The lowest BCUT2D eigenvalue weighted by Gasteiger charge is -2.18. The third-order valence-corrected chi connectivity index (χ3v) is 3.19. The first-order valence-corrected chi connectivity index (χ1v) is 5.80. The maximum absolute atomic E-state index is 9.81. The Morgan fingerprint density at radius 1 is 1.35 bits per heavy atom. The highest BCUT2D eigenvalue weighted by Gasteiger charge is 2.43. The summed E-state index contributed by atoms with van der Waals surface area (Å²) in [6.07, 6.45) is -2.37. The van der Waals surface area contributed by atoms with Gasteiger partial charge in [0.2, 0.25) is 0 Å². The van der Waals surface area contributed by atoms with Gasteiger partial charge in [-0.1, -0.05) is 12.2 Å². The average molecular weight is 276 g/mol. The molecule has 0 amide bonds. The van der Waals surface area contributed by atoms with E-state index in [2.05, 4.69) is 4.98 Å². The first kappa shape index (κ1) is 12.8. The molecule has 6 nitrogen and oxygen atoms in total. The molecule has 1 fully saturated rings. The molecule has 1 aromatic rings. The standard InChI is InChI=1S/C9H12N2O4S2/c12-3-4-6(13)7(14)8(15-4)11-2-1-5(16)10-9(11)17/h1-2,4,6-8,12-14H,3H2,(H,10,16,17)/t4-,6-,7-,8-/m1/s1. The number of rotatable bonds is 2. The predicted molar refractivity (Wildman–Crippen MR) is 63.5 cm³/mol. The van der Waals surface area contributed by atoms with Crippen LogP contribution in [0.15, 0.2) is 12.3 Å². The second-order valence-corrected chi connectivity index (χ2v) is 4.57. The van der Waals surface area contributed by atoms with Crippen LogP contribution in [-0.2, 0) is 4.74 Å². The Bertz CT molecular complexity index is 514. The lowest BCUT2D eigenvalue weighted by Crippen LogP contribution is -2.33. The summed E-state index contributed by atoms with van der Waals surface area (Å²) in [5.74, 6) is 0. The molecular formula is C9H12N2O4S2. The van der Waals surface area contributed by atoms with Crippen LogP contribution < -0.4 is 0 Å². The van der Waals surface area contributed by atoms with Crippen LogP contribution in [0.25, 0.3) is 0 Å². The van der Waals surface area contributed by atoms with Crippen LogP contribution >= 0.6 is 24.4 Å². The molecule has 17 heavy (non-hydrogen) atoms. The molecular weight excluding hydrogens is 264 g/mol. The number of hydrogen-bond acceptors (Lipinski definition) is 6. The number of hydrogen-bond donors (Lipinski definition) is 4. The molecule has 4 atom stereocenters. The van der Waals surface area contributed by atoms with E-state index in [1.165, 1.54) is 4.57 Å². The third-order valence-electron chi connectivity index (χ3n) is 2.64. The van der Waals surface area contributed by atoms with E-state index < -0.39 is 24.5 Å². The second-order valence-electron chi connectivity index (χ2n) is 3.75.